The molecule has 2 aliphatic heterocycles. The fourth-order valence-corrected chi connectivity index (χ4v) is 7.07. The van der Waals surface area contributed by atoms with Gasteiger partial charge < -0.3 is 9.64 Å². The minimum atomic E-state index is -0.581. The number of ether oxygens (including phenoxy) is 1. The van der Waals surface area contributed by atoms with Crippen LogP contribution in [0.15, 0.2) is 66.7 Å². The minimum Gasteiger partial charge on any atom is -0.426 e. The molecule has 2 aliphatic carbocycles. The Bertz CT molecular complexity index is 1430. The van der Waals surface area contributed by atoms with Crippen LogP contribution in [0, 0.1) is 29.6 Å². The maximum Gasteiger partial charge on any atom is 0.316 e. The van der Waals surface area contributed by atoms with Crippen LogP contribution in [0.2, 0.25) is 0 Å². The Morgan fingerprint density at radius 2 is 1.49 bits per heavy atom. The first-order valence-electron chi connectivity index (χ1n) is 13.0. The van der Waals surface area contributed by atoms with E-state index in [0.29, 0.717) is 23.3 Å². The van der Waals surface area contributed by atoms with Crippen LogP contribution in [0.1, 0.15) is 25.7 Å². The molecule has 4 aliphatic rings. The van der Waals surface area contributed by atoms with Gasteiger partial charge in [-0.3, -0.25) is 24.1 Å². The Balaban J connectivity index is 1.05. The van der Waals surface area contributed by atoms with Crippen LogP contribution in [0.5, 0.6) is 5.75 Å². The van der Waals surface area contributed by atoms with Crippen molar-refractivity contribution in [2.75, 3.05) is 16.3 Å². The van der Waals surface area contributed by atoms with Gasteiger partial charge in [-0.25, -0.2) is 0 Å². The number of amides is 3. The summed E-state index contributed by atoms with van der Waals surface area (Å²) in [6.07, 6.45) is 3.16. The summed E-state index contributed by atoms with van der Waals surface area (Å²) >= 11 is 0. The van der Waals surface area contributed by atoms with Crippen molar-refractivity contribution < 1.29 is 23.9 Å². The van der Waals surface area contributed by atoms with E-state index in [4.69, 9.17) is 4.74 Å². The summed E-state index contributed by atoms with van der Waals surface area (Å²) in [5.74, 6) is -0.704. The number of benzene rings is 3. The zero-order valence-electron chi connectivity index (χ0n) is 20.2. The van der Waals surface area contributed by atoms with Crippen molar-refractivity contribution in [1.82, 2.24) is 0 Å². The molecule has 0 aromatic heterocycles. The molecule has 7 rings (SSSR count). The van der Waals surface area contributed by atoms with E-state index < -0.39 is 11.9 Å². The monoisotopic (exact) mass is 494 g/mol. The summed E-state index contributed by atoms with van der Waals surface area (Å²) in [4.78, 5) is 54.9. The largest absolute Gasteiger partial charge is 0.426 e. The van der Waals surface area contributed by atoms with Crippen molar-refractivity contribution in [3.8, 4) is 5.75 Å². The van der Waals surface area contributed by atoms with Crippen molar-refractivity contribution in [1.29, 1.82) is 0 Å². The molecule has 2 saturated heterocycles. The molecule has 3 amide bonds. The molecule has 4 fully saturated rings. The summed E-state index contributed by atoms with van der Waals surface area (Å²) in [5.41, 5.74) is 1.31. The van der Waals surface area contributed by atoms with Crippen LogP contribution >= 0.6 is 0 Å². The summed E-state index contributed by atoms with van der Waals surface area (Å²) < 4.78 is 5.60. The number of esters is 1. The number of nitrogens with zero attached hydrogens (tertiary/aromatic N) is 2. The lowest BCUT2D eigenvalue weighted by Gasteiger charge is -2.19. The molecule has 7 heteroatoms. The lowest BCUT2D eigenvalue weighted by molar-refractivity contribution is -0.139. The van der Waals surface area contributed by atoms with Crippen LogP contribution < -0.4 is 14.5 Å². The third-order valence-electron chi connectivity index (χ3n) is 8.76. The van der Waals surface area contributed by atoms with E-state index in [1.807, 2.05) is 42.5 Å². The Morgan fingerprint density at radius 3 is 2.22 bits per heavy atom. The number of imide groups is 1. The van der Waals surface area contributed by atoms with Gasteiger partial charge in [0, 0.05) is 18.4 Å². The third kappa shape index (κ3) is 3.40. The smallest absolute Gasteiger partial charge is 0.316 e. The third-order valence-corrected chi connectivity index (χ3v) is 8.76. The molecule has 37 heavy (non-hydrogen) atoms. The average molecular weight is 495 g/mol. The number of carbonyl (C=O) groups is 4. The topological polar surface area (TPSA) is 84.0 Å². The molecule has 5 atom stereocenters. The Labute approximate surface area is 214 Å². The highest BCUT2D eigenvalue weighted by Gasteiger charge is 2.61. The first-order valence-corrected chi connectivity index (χ1v) is 13.0. The second-order valence-electron chi connectivity index (χ2n) is 10.7. The van der Waals surface area contributed by atoms with E-state index in [9.17, 15) is 19.2 Å². The molecule has 3 aromatic carbocycles. The second kappa shape index (κ2) is 8.26. The number of rotatable bonds is 4. The summed E-state index contributed by atoms with van der Waals surface area (Å²) in [5, 5.41) is 2.00. The van der Waals surface area contributed by atoms with Gasteiger partial charge in [-0.1, -0.05) is 36.4 Å². The molecule has 0 radical (unpaired) electrons. The molecular weight excluding hydrogens is 468 g/mol. The van der Waals surface area contributed by atoms with E-state index >= 15 is 0 Å². The Kier molecular flexibility index (Phi) is 4.96. The van der Waals surface area contributed by atoms with Crippen molar-refractivity contribution in [3.05, 3.63) is 66.7 Å². The van der Waals surface area contributed by atoms with Gasteiger partial charge in [0.05, 0.1) is 29.1 Å². The Morgan fingerprint density at radius 1 is 0.811 bits per heavy atom. The zero-order valence-corrected chi connectivity index (χ0v) is 20.2. The fourth-order valence-electron chi connectivity index (χ4n) is 7.07. The van der Waals surface area contributed by atoms with E-state index in [0.717, 1.165) is 35.7 Å². The molecule has 2 heterocycles. The van der Waals surface area contributed by atoms with Crippen molar-refractivity contribution in [3.63, 3.8) is 0 Å². The van der Waals surface area contributed by atoms with Crippen LogP contribution in [-0.2, 0) is 19.2 Å². The first-order chi connectivity index (χ1) is 18.0. The van der Waals surface area contributed by atoms with Gasteiger partial charge in [0.1, 0.15) is 5.75 Å². The molecule has 3 aromatic rings. The number of hydrogen-bond acceptors (Lipinski definition) is 5. The van der Waals surface area contributed by atoms with Crippen molar-refractivity contribution in [2.24, 2.45) is 29.6 Å². The van der Waals surface area contributed by atoms with Gasteiger partial charge >= 0.3 is 5.97 Å². The van der Waals surface area contributed by atoms with Crippen molar-refractivity contribution in [2.45, 2.75) is 25.7 Å². The molecule has 0 N–H and O–H groups in total. The second-order valence-corrected chi connectivity index (χ2v) is 10.7. The number of anilines is 2. The van der Waals surface area contributed by atoms with Crippen LogP contribution in [0.25, 0.3) is 10.8 Å². The molecule has 0 unspecified atom stereocenters. The van der Waals surface area contributed by atoms with Crippen LogP contribution in [0.3, 0.4) is 0 Å². The lowest BCUT2D eigenvalue weighted by atomic mass is 9.81. The predicted octanol–water partition coefficient (Wildman–Crippen LogP) is 4.33. The Hall–Kier alpha value is -4.00. The van der Waals surface area contributed by atoms with E-state index in [1.165, 1.54) is 4.90 Å². The predicted molar refractivity (Wildman–Crippen MR) is 137 cm³/mol. The van der Waals surface area contributed by atoms with Crippen LogP contribution in [0.4, 0.5) is 11.4 Å². The zero-order chi connectivity index (χ0) is 25.3. The number of hydrogen-bond donors (Lipinski definition) is 0. The average Bonchev–Trinajstić information content (AvgIpc) is 3.68. The summed E-state index contributed by atoms with van der Waals surface area (Å²) in [6.45, 7) is 0.256. The van der Waals surface area contributed by atoms with E-state index in [1.54, 1.807) is 29.2 Å². The van der Waals surface area contributed by atoms with Crippen molar-refractivity contribution >= 4 is 45.8 Å². The summed E-state index contributed by atoms with van der Waals surface area (Å²) in [7, 11) is 0. The van der Waals surface area contributed by atoms with Gasteiger partial charge in [0.25, 0.3) is 0 Å². The highest BCUT2D eigenvalue weighted by Crippen LogP contribution is 2.56. The SMILES string of the molecule is O=C(Oc1ccc(N2C(=O)[C@@H]3[C@H]4CC[C@@H](C4)[C@H]3C2=O)cc1)[C@H]1CC(=O)N(c2cccc3ccccc23)C1. The maximum atomic E-state index is 13.1. The standard InChI is InChI=1S/C30H26N2O5/c33-25-15-20(16-31(25)24-7-3-5-17-4-1-2-6-23(17)24)30(36)37-22-12-10-21(11-13-22)32-28(34)26-18-8-9-19(14-18)27(26)29(32)35/h1-7,10-13,18-20,26-27H,8-9,14-16H2/t18-,19-,20-,26+,27+/m0/s1. The number of fused-ring (bicyclic) bond motifs is 6. The number of carbonyl (C=O) groups excluding carboxylic acids is 4. The molecule has 2 saturated carbocycles. The van der Waals surface area contributed by atoms with Crippen LogP contribution in [-0.4, -0.2) is 30.2 Å². The van der Waals surface area contributed by atoms with E-state index in [2.05, 4.69) is 0 Å². The van der Waals surface area contributed by atoms with Gasteiger partial charge in [0.2, 0.25) is 17.7 Å². The highest BCUT2D eigenvalue weighted by atomic mass is 16.5. The molecule has 0 spiro atoms. The fraction of sp³-hybridized carbons (Fsp3) is 0.333. The first kappa shape index (κ1) is 22.2. The molecule has 2 bridgehead atoms. The van der Waals surface area contributed by atoms with Gasteiger partial charge in [-0.15, -0.1) is 0 Å². The molecular formula is C30H26N2O5. The quantitative estimate of drug-likeness (QED) is 0.306. The van der Waals surface area contributed by atoms with Gasteiger partial charge in [-0.05, 0) is 66.8 Å². The lowest BCUT2D eigenvalue weighted by Crippen LogP contribution is -2.32. The normalized spacial score (nSPS) is 28.4. The molecule has 186 valence electrons. The van der Waals surface area contributed by atoms with Gasteiger partial charge in [-0.2, -0.15) is 0 Å². The van der Waals surface area contributed by atoms with E-state index in [-0.39, 0.29) is 42.5 Å². The van der Waals surface area contributed by atoms with Gasteiger partial charge in [0.15, 0.2) is 0 Å². The minimum absolute atomic E-state index is 0.0853. The highest BCUT2D eigenvalue weighted by molar-refractivity contribution is 6.22. The maximum absolute atomic E-state index is 13.1. The molecule has 7 nitrogen and oxygen atoms in total. The summed E-state index contributed by atoms with van der Waals surface area (Å²) in [6, 6.07) is 20.2.